The van der Waals surface area contributed by atoms with E-state index in [1.165, 1.54) is 0 Å². The van der Waals surface area contributed by atoms with Crippen molar-refractivity contribution in [2.24, 2.45) is 9.98 Å². The summed E-state index contributed by atoms with van der Waals surface area (Å²) in [7, 11) is 0. The first-order chi connectivity index (χ1) is 6.88. The van der Waals surface area contributed by atoms with Gasteiger partial charge in [0.2, 0.25) is 0 Å². The summed E-state index contributed by atoms with van der Waals surface area (Å²) in [4.78, 5) is 11.0. The maximum absolute atomic E-state index is 4.45. The third-order valence-electron chi connectivity index (χ3n) is 2.15. The van der Waals surface area contributed by atoms with Gasteiger partial charge in [-0.15, -0.1) is 0 Å². The first kappa shape index (κ1) is 11.2. The molecule has 0 radical (unpaired) electrons. The lowest BCUT2D eigenvalue weighted by atomic mass is 10.3. The Labute approximate surface area is 86.1 Å². The zero-order valence-corrected chi connectivity index (χ0v) is 9.16. The monoisotopic (exact) mass is 196 g/mol. The van der Waals surface area contributed by atoms with Crippen LogP contribution in [0.25, 0.3) is 0 Å². The second kappa shape index (κ2) is 6.54. The van der Waals surface area contributed by atoms with Crippen LogP contribution in [-0.2, 0) is 0 Å². The van der Waals surface area contributed by atoms with Crippen LogP contribution in [0.15, 0.2) is 9.98 Å². The molecule has 0 bridgehead atoms. The van der Waals surface area contributed by atoms with Crippen molar-refractivity contribution >= 4 is 12.1 Å². The van der Waals surface area contributed by atoms with Crippen molar-refractivity contribution in [1.82, 2.24) is 10.2 Å². The second-order valence-corrected chi connectivity index (χ2v) is 3.20. The topological polar surface area (TPSA) is 40.0 Å². The molecule has 1 heterocycles. The van der Waals surface area contributed by atoms with E-state index in [4.69, 9.17) is 0 Å². The Kier molecular flexibility index (Phi) is 5.22. The van der Waals surface area contributed by atoms with Gasteiger partial charge in [-0.1, -0.05) is 0 Å². The molecular formula is C10H20N4. The summed E-state index contributed by atoms with van der Waals surface area (Å²) in [6.45, 7) is 9.91. The summed E-state index contributed by atoms with van der Waals surface area (Å²) in [5.41, 5.74) is 0. The predicted octanol–water partition coefficient (Wildman–Crippen LogP) is 0.401. The molecule has 14 heavy (non-hydrogen) atoms. The van der Waals surface area contributed by atoms with Crippen LogP contribution < -0.4 is 5.32 Å². The Bertz CT molecular complexity index is 204. The SMILES string of the molecule is CC/N=C\C(=N/CC)N1CCNCC1. The molecule has 0 atom stereocenters. The molecule has 80 valence electrons. The highest BCUT2D eigenvalue weighted by Gasteiger charge is 2.11. The molecular weight excluding hydrogens is 176 g/mol. The van der Waals surface area contributed by atoms with E-state index in [0.717, 1.165) is 45.1 Å². The minimum Gasteiger partial charge on any atom is -0.353 e. The van der Waals surface area contributed by atoms with Crippen LogP contribution in [0.2, 0.25) is 0 Å². The lowest BCUT2D eigenvalue weighted by Crippen LogP contribution is -2.47. The average Bonchev–Trinajstić information content (AvgIpc) is 2.25. The van der Waals surface area contributed by atoms with E-state index in [2.05, 4.69) is 27.1 Å². The average molecular weight is 196 g/mol. The molecule has 0 aromatic heterocycles. The number of amidine groups is 1. The predicted molar refractivity (Wildman–Crippen MR) is 61.5 cm³/mol. The van der Waals surface area contributed by atoms with Gasteiger partial charge in [0.05, 0.1) is 6.21 Å². The van der Waals surface area contributed by atoms with E-state index in [1.54, 1.807) is 0 Å². The van der Waals surface area contributed by atoms with Gasteiger partial charge >= 0.3 is 0 Å². The Morgan fingerprint density at radius 3 is 2.57 bits per heavy atom. The van der Waals surface area contributed by atoms with Crippen molar-refractivity contribution in [1.29, 1.82) is 0 Å². The molecule has 1 saturated heterocycles. The van der Waals surface area contributed by atoms with Crippen LogP contribution in [0.3, 0.4) is 0 Å². The summed E-state index contributed by atoms with van der Waals surface area (Å²) in [6.07, 6.45) is 1.90. The van der Waals surface area contributed by atoms with Gasteiger partial charge in [-0.25, -0.2) is 0 Å². The van der Waals surface area contributed by atoms with Crippen molar-refractivity contribution in [2.45, 2.75) is 13.8 Å². The van der Waals surface area contributed by atoms with E-state index in [0.29, 0.717) is 0 Å². The van der Waals surface area contributed by atoms with Crippen molar-refractivity contribution in [2.75, 3.05) is 39.3 Å². The van der Waals surface area contributed by atoms with Crippen LogP contribution in [0.1, 0.15) is 13.8 Å². The second-order valence-electron chi connectivity index (χ2n) is 3.20. The molecule has 4 heteroatoms. The molecule has 0 spiro atoms. The number of aliphatic imine (C=N–C) groups is 2. The summed E-state index contributed by atoms with van der Waals surface area (Å²) in [6, 6.07) is 0. The quantitative estimate of drug-likeness (QED) is 0.524. The lowest BCUT2D eigenvalue weighted by Gasteiger charge is -2.28. The highest BCUT2D eigenvalue weighted by atomic mass is 15.2. The molecule has 0 aromatic carbocycles. The van der Waals surface area contributed by atoms with Crippen LogP contribution in [0, 0.1) is 0 Å². The minimum absolute atomic E-state index is 0.828. The molecule has 0 amide bonds. The summed E-state index contributed by atoms with van der Waals surface area (Å²) >= 11 is 0. The van der Waals surface area contributed by atoms with Crippen LogP contribution in [0.5, 0.6) is 0 Å². The molecule has 4 nitrogen and oxygen atoms in total. The fourth-order valence-electron chi connectivity index (χ4n) is 1.45. The highest BCUT2D eigenvalue weighted by Crippen LogP contribution is 1.94. The van der Waals surface area contributed by atoms with Gasteiger partial charge in [0.25, 0.3) is 0 Å². The van der Waals surface area contributed by atoms with Crippen molar-refractivity contribution < 1.29 is 0 Å². The molecule has 1 aliphatic heterocycles. The first-order valence-corrected chi connectivity index (χ1v) is 5.38. The number of nitrogens with zero attached hydrogens (tertiary/aromatic N) is 3. The van der Waals surface area contributed by atoms with Gasteiger partial charge in [-0.2, -0.15) is 0 Å². The third kappa shape index (κ3) is 3.46. The number of piperazine rings is 1. The zero-order valence-electron chi connectivity index (χ0n) is 9.16. The Balaban J connectivity index is 2.56. The Morgan fingerprint density at radius 2 is 2.00 bits per heavy atom. The maximum Gasteiger partial charge on any atom is 0.141 e. The molecule has 0 saturated carbocycles. The molecule has 1 N–H and O–H groups in total. The first-order valence-electron chi connectivity index (χ1n) is 5.38. The number of nitrogens with one attached hydrogen (secondary N) is 1. The van der Waals surface area contributed by atoms with Crippen LogP contribution in [0.4, 0.5) is 0 Å². The standard InChI is InChI=1S/C10H20N4/c1-3-11-9-10(13-4-2)14-7-5-12-6-8-14/h9,12H,3-8H2,1-2H3/b11-9-,13-10+. The highest BCUT2D eigenvalue weighted by molar-refractivity contribution is 6.29. The smallest absolute Gasteiger partial charge is 0.141 e. The summed E-state index contributed by atoms with van der Waals surface area (Å²) in [5, 5.41) is 3.33. The van der Waals surface area contributed by atoms with E-state index in [-0.39, 0.29) is 0 Å². The van der Waals surface area contributed by atoms with Crippen molar-refractivity contribution in [3.63, 3.8) is 0 Å². The Morgan fingerprint density at radius 1 is 1.29 bits per heavy atom. The van der Waals surface area contributed by atoms with Gasteiger partial charge in [0, 0.05) is 39.3 Å². The zero-order chi connectivity index (χ0) is 10.2. The third-order valence-corrected chi connectivity index (χ3v) is 2.15. The van der Waals surface area contributed by atoms with Gasteiger partial charge in [-0.3, -0.25) is 9.98 Å². The van der Waals surface area contributed by atoms with E-state index in [1.807, 2.05) is 13.1 Å². The fraction of sp³-hybridized carbons (Fsp3) is 0.800. The van der Waals surface area contributed by atoms with Crippen molar-refractivity contribution in [3.05, 3.63) is 0 Å². The minimum atomic E-state index is 0.828. The van der Waals surface area contributed by atoms with E-state index < -0.39 is 0 Å². The molecule has 1 aliphatic rings. The Hall–Kier alpha value is -0.900. The van der Waals surface area contributed by atoms with Gasteiger partial charge in [0.1, 0.15) is 5.84 Å². The van der Waals surface area contributed by atoms with Crippen LogP contribution in [-0.4, -0.2) is 56.2 Å². The van der Waals surface area contributed by atoms with Gasteiger partial charge in [0.15, 0.2) is 0 Å². The largest absolute Gasteiger partial charge is 0.353 e. The molecule has 1 fully saturated rings. The van der Waals surface area contributed by atoms with Crippen molar-refractivity contribution in [3.8, 4) is 0 Å². The maximum atomic E-state index is 4.45. The van der Waals surface area contributed by atoms with Crippen LogP contribution >= 0.6 is 0 Å². The molecule has 1 rings (SSSR count). The summed E-state index contributed by atoms with van der Waals surface area (Å²) < 4.78 is 0. The fourth-order valence-corrected chi connectivity index (χ4v) is 1.45. The number of rotatable bonds is 3. The van der Waals surface area contributed by atoms with E-state index >= 15 is 0 Å². The lowest BCUT2D eigenvalue weighted by molar-refractivity contribution is 0.360. The molecule has 0 aromatic rings. The van der Waals surface area contributed by atoms with Gasteiger partial charge in [-0.05, 0) is 13.8 Å². The summed E-state index contributed by atoms with van der Waals surface area (Å²) in [5.74, 6) is 1.04. The van der Waals surface area contributed by atoms with Gasteiger partial charge < -0.3 is 10.2 Å². The van der Waals surface area contributed by atoms with E-state index in [9.17, 15) is 0 Å². The molecule has 0 unspecified atom stereocenters. The molecule has 0 aliphatic carbocycles. The normalized spacial score (nSPS) is 19.3. The number of hydrogen-bond donors (Lipinski definition) is 1. The number of hydrogen-bond acceptors (Lipinski definition) is 3.